The SMILES string of the molecule is CCC(=O)c1ccc(F)c([C@@H]2C[C@@H]2NC(=O)Nc2ccc(Br)cn2)c1OCO[C@H]1OOC(=O)[C@]1(N)C(C)C. The molecule has 0 bridgehead atoms. The van der Waals surface area contributed by atoms with Crippen LogP contribution in [0.15, 0.2) is 34.9 Å². The maximum absolute atomic E-state index is 15.1. The highest BCUT2D eigenvalue weighted by Gasteiger charge is 2.55. The molecule has 204 valence electrons. The van der Waals surface area contributed by atoms with Crippen molar-refractivity contribution in [2.75, 3.05) is 12.1 Å². The summed E-state index contributed by atoms with van der Waals surface area (Å²) in [6.07, 6.45) is 0.849. The molecule has 2 heterocycles. The van der Waals surface area contributed by atoms with Crippen molar-refractivity contribution in [1.82, 2.24) is 10.3 Å². The number of aromatic nitrogens is 1. The van der Waals surface area contributed by atoms with Gasteiger partial charge in [0.1, 0.15) is 17.4 Å². The lowest BCUT2D eigenvalue weighted by atomic mass is 9.87. The van der Waals surface area contributed by atoms with Gasteiger partial charge in [-0.3, -0.25) is 15.0 Å². The van der Waals surface area contributed by atoms with Gasteiger partial charge in [0, 0.05) is 34.6 Å². The molecule has 0 radical (unpaired) electrons. The fraction of sp³-hybridized carbons (Fsp3) is 0.440. The molecule has 4 atom stereocenters. The van der Waals surface area contributed by atoms with E-state index in [1.54, 1.807) is 39.1 Å². The summed E-state index contributed by atoms with van der Waals surface area (Å²) in [4.78, 5) is 50.8. The highest BCUT2D eigenvalue weighted by atomic mass is 79.9. The molecule has 0 unspecified atom stereocenters. The molecule has 1 aromatic carbocycles. The Labute approximate surface area is 226 Å². The normalized spacial score (nSPS) is 24.2. The van der Waals surface area contributed by atoms with E-state index in [4.69, 9.17) is 20.1 Å². The van der Waals surface area contributed by atoms with Crippen LogP contribution in [0.1, 0.15) is 55.5 Å². The van der Waals surface area contributed by atoms with Crippen LogP contribution in [-0.2, 0) is 19.3 Å². The van der Waals surface area contributed by atoms with Gasteiger partial charge >= 0.3 is 12.0 Å². The lowest BCUT2D eigenvalue weighted by molar-refractivity contribution is -0.327. The second-order valence-corrected chi connectivity index (χ2v) is 10.3. The summed E-state index contributed by atoms with van der Waals surface area (Å²) < 4.78 is 27.2. The average molecular weight is 595 g/mol. The Balaban J connectivity index is 1.48. The monoisotopic (exact) mass is 594 g/mol. The van der Waals surface area contributed by atoms with Crippen molar-refractivity contribution in [3.63, 3.8) is 0 Å². The molecule has 13 heteroatoms. The number of carbonyl (C=O) groups excluding carboxylic acids is 3. The van der Waals surface area contributed by atoms with Crippen LogP contribution in [0.3, 0.4) is 0 Å². The molecule has 4 N–H and O–H groups in total. The Morgan fingerprint density at radius 3 is 2.74 bits per heavy atom. The van der Waals surface area contributed by atoms with Gasteiger partial charge in [0.25, 0.3) is 0 Å². The summed E-state index contributed by atoms with van der Waals surface area (Å²) >= 11 is 3.28. The fourth-order valence-electron chi connectivity index (χ4n) is 4.09. The maximum atomic E-state index is 15.1. The van der Waals surface area contributed by atoms with Gasteiger partial charge in [-0.2, -0.15) is 4.89 Å². The summed E-state index contributed by atoms with van der Waals surface area (Å²) in [6.45, 7) is 4.58. The van der Waals surface area contributed by atoms with Gasteiger partial charge in [0.05, 0.1) is 5.56 Å². The lowest BCUT2D eigenvalue weighted by Gasteiger charge is -2.27. The number of carbonyl (C=O) groups is 3. The lowest BCUT2D eigenvalue weighted by Crippen LogP contribution is -2.58. The third-order valence-electron chi connectivity index (χ3n) is 6.54. The van der Waals surface area contributed by atoms with Crippen molar-refractivity contribution in [3.8, 4) is 5.75 Å². The summed E-state index contributed by atoms with van der Waals surface area (Å²) in [5.74, 6) is -2.14. The Morgan fingerprint density at radius 1 is 1.32 bits per heavy atom. The van der Waals surface area contributed by atoms with Gasteiger partial charge in [0.2, 0.25) is 6.29 Å². The third-order valence-corrected chi connectivity index (χ3v) is 7.01. The molecule has 2 aliphatic rings. The van der Waals surface area contributed by atoms with E-state index in [2.05, 4.69) is 36.4 Å². The van der Waals surface area contributed by atoms with E-state index in [9.17, 15) is 14.4 Å². The molecule has 2 fully saturated rings. The van der Waals surface area contributed by atoms with Crippen LogP contribution in [-0.4, -0.2) is 47.4 Å². The van der Waals surface area contributed by atoms with Crippen LogP contribution >= 0.6 is 15.9 Å². The number of halogens is 2. The van der Waals surface area contributed by atoms with Gasteiger partial charge in [-0.1, -0.05) is 20.8 Å². The number of nitrogens with one attached hydrogen (secondary N) is 2. The first kappa shape index (κ1) is 27.9. The number of benzene rings is 1. The third kappa shape index (κ3) is 5.65. The first-order valence-corrected chi connectivity index (χ1v) is 12.8. The molecule has 1 aromatic heterocycles. The van der Waals surface area contributed by atoms with Gasteiger partial charge in [-0.25, -0.2) is 19.0 Å². The molecule has 2 amide bonds. The molecule has 2 aromatic rings. The molecule has 4 rings (SSSR count). The van der Waals surface area contributed by atoms with Crippen molar-refractivity contribution < 1.29 is 38.0 Å². The second-order valence-electron chi connectivity index (χ2n) is 9.34. The number of anilines is 1. The summed E-state index contributed by atoms with van der Waals surface area (Å²) in [5.41, 5.74) is 4.90. The molecule has 38 heavy (non-hydrogen) atoms. The number of hydrogen-bond acceptors (Lipinski definition) is 9. The number of urea groups is 1. The van der Waals surface area contributed by atoms with Crippen molar-refractivity contribution >= 4 is 39.5 Å². The van der Waals surface area contributed by atoms with Gasteiger partial charge < -0.3 is 20.5 Å². The number of hydrogen-bond donors (Lipinski definition) is 3. The predicted molar refractivity (Wildman–Crippen MR) is 136 cm³/mol. The fourth-order valence-corrected chi connectivity index (χ4v) is 4.33. The van der Waals surface area contributed by atoms with Crippen LogP contribution < -0.4 is 21.1 Å². The maximum Gasteiger partial charge on any atom is 0.367 e. The highest BCUT2D eigenvalue weighted by molar-refractivity contribution is 9.10. The largest absolute Gasteiger partial charge is 0.466 e. The number of ether oxygens (including phenoxy) is 2. The number of nitrogens with zero attached hydrogens (tertiary/aromatic N) is 1. The predicted octanol–water partition coefficient (Wildman–Crippen LogP) is 3.77. The minimum absolute atomic E-state index is 0.00135. The standard InChI is InChI=1S/C25H28BrFN4O7/c1-4-18(32)14-6-7-16(27)20(15-9-17(15)30-24(34)31-19-8-5-13(26)10-29-19)21(14)35-11-36-23-25(28,12(2)3)22(33)37-38-23/h5-8,10,12,15,17,23H,4,9,11,28H2,1-3H3,(H2,29,30,31,34)/t15-,17+,23+,25-/m1/s1. The topological polar surface area (TPSA) is 151 Å². The number of Topliss-reactive ketones (excluding diaryl/α,β-unsaturated/α-hetero) is 1. The second kappa shape index (κ2) is 11.3. The van der Waals surface area contributed by atoms with Crippen LogP contribution in [0.25, 0.3) is 0 Å². The zero-order valence-electron chi connectivity index (χ0n) is 21.0. The number of pyridine rings is 1. The van der Waals surface area contributed by atoms with E-state index in [1.807, 2.05) is 0 Å². The molecule has 1 aliphatic carbocycles. The van der Waals surface area contributed by atoms with Crippen molar-refractivity contribution in [2.24, 2.45) is 11.7 Å². The average Bonchev–Trinajstić information content (AvgIpc) is 3.56. The Morgan fingerprint density at radius 2 is 2.08 bits per heavy atom. The minimum Gasteiger partial charge on any atom is -0.466 e. The van der Waals surface area contributed by atoms with Crippen LogP contribution in [0.4, 0.5) is 15.0 Å². The van der Waals surface area contributed by atoms with Crippen LogP contribution in [0.2, 0.25) is 0 Å². The Bertz CT molecular complexity index is 1230. The van der Waals surface area contributed by atoms with Crippen LogP contribution in [0, 0.1) is 11.7 Å². The number of rotatable bonds is 10. The molecular weight excluding hydrogens is 567 g/mol. The summed E-state index contributed by atoms with van der Waals surface area (Å²) in [5, 5.41) is 5.40. The van der Waals surface area contributed by atoms with E-state index in [0.717, 1.165) is 4.47 Å². The summed E-state index contributed by atoms with van der Waals surface area (Å²) in [6, 6.07) is 4.99. The van der Waals surface area contributed by atoms with Crippen molar-refractivity contribution in [2.45, 2.75) is 57.4 Å². The van der Waals surface area contributed by atoms with Crippen molar-refractivity contribution in [3.05, 3.63) is 51.9 Å². The Kier molecular flexibility index (Phi) is 8.31. The number of ketones is 1. The van der Waals surface area contributed by atoms with E-state index in [0.29, 0.717) is 12.2 Å². The van der Waals surface area contributed by atoms with Crippen LogP contribution in [0.5, 0.6) is 5.75 Å². The molecule has 11 nitrogen and oxygen atoms in total. The van der Waals surface area contributed by atoms with Gasteiger partial charge in [-0.15, -0.1) is 0 Å². The van der Waals surface area contributed by atoms with Gasteiger partial charge in [0.15, 0.2) is 18.1 Å². The zero-order valence-corrected chi connectivity index (χ0v) is 22.5. The minimum atomic E-state index is -1.57. The van der Waals surface area contributed by atoms with Gasteiger partial charge in [-0.05, 0) is 52.5 Å². The summed E-state index contributed by atoms with van der Waals surface area (Å²) in [7, 11) is 0. The first-order valence-electron chi connectivity index (χ1n) is 12.0. The van der Waals surface area contributed by atoms with E-state index in [-0.39, 0.29) is 35.0 Å². The molecule has 1 aliphatic heterocycles. The zero-order chi connectivity index (χ0) is 27.6. The highest BCUT2D eigenvalue weighted by Crippen LogP contribution is 2.47. The number of amides is 2. The Hall–Kier alpha value is -3.13. The molecular formula is C25H28BrFN4O7. The smallest absolute Gasteiger partial charge is 0.367 e. The number of nitrogens with two attached hydrogens (primary N) is 1. The molecule has 0 spiro atoms. The first-order chi connectivity index (χ1) is 18.1. The molecule has 1 saturated carbocycles. The quantitative estimate of drug-likeness (QED) is 0.212. The van der Waals surface area contributed by atoms with E-state index in [1.165, 1.54) is 12.1 Å². The van der Waals surface area contributed by atoms with Crippen molar-refractivity contribution in [1.29, 1.82) is 0 Å². The molecule has 1 saturated heterocycles. The van der Waals surface area contributed by atoms with E-state index >= 15 is 4.39 Å². The van der Waals surface area contributed by atoms with E-state index < -0.39 is 48.4 Å².